The largest absolute Gasteiger partial charge is 0.322 e. The Morgan fingerprint density at radius 1 is 1.36 bits per heavy atom. The predicted molar refractivity (Wildman–Crippen MR) is 50.3 cm³/mol. The molecule has 0 aliphatic rings. The van der Waals surface area contributed by atoms with Crippen molar-refractivity contribution < 1.29 is 4.92 Å². The Morgan fingerprint density at radius 3 is 2.50 bits per heavy atom. The molecule has 0 saturated heterocycles. The molecule has 0 radical (unpaired) electrons. The zero-order chi connectivity index (χ0) is 10.4. The van der Waals surface area contributed by atoms with Crippen LogP contribution >= 0.6 is 0 Å². The molecular weight excluding hydrogens is 186 g/mol. The van der Waals surface area contributed by atoms with Crippen LogP contribution in [0.3, 0.4) is 0 Å². The van der Waals surface area contributed by atoms with E-state index < -0.39 is 4.92 Å². The van der Waals surface area contributed by atoms with E-state index in [0.717, 1.165) is 6.34 Å². The summed E-state index contributed by atoms with van der Waals surface area (Å²) in [4.78, 5) is 9.80. The molecule has 0 aromatic heterocycles. The highest BCUT2D eigenvalue weighted by molar-refractivity contribution is 5.55. The summed E-state index contributed by atoms with van der Waals surface area (Å²) >= 11 is 0. The molecule has 7 nitrogen and oxygen atoms in total. The van der Waals surface area contributed by atoms with Crippen molar-refractivity contribution in [2.45, 2.75) is 0 Å². The highest BCUT2D eigenvalue weighted by Gasteiger charge is 2.02. The number of nitrogens with two attached hydrogens (primary N) is 1. The summed E-state index contributed by atoms with van der Waals surface area (Å²) in [6.07, 6.45) is 1.07. The maximum absolute atomic E-state index is 10.3. The number of hydrazone groups is 1. The summed E-state index contributed by atoms with van der Waals surface area (Å²) in [5.74, 6) is 4.78. The van der Waals surface area contributed by atoms with E-state index in [2.05, 4.69) is 15.3 Å². The molecule has 0 aliphatic carbocycles. The smallest absolute Gasteiger partial charge is 0.269 e. The van der Waals surface area contributed by atoms with Gasteiger partial charge in [-0.3, -0.25) is 10.1 Å². The first-order valence-corrected chi connectivity index (χ1v) is 3.61. The molecule has 1 aromatic rings. The summed E-state index contributed by atoms with van der Waals surface area (Å²) in [7, 11) is 0. The summed E-state index contributed by atoms with van der Waals surface area (Å²) in [6, 6.07) is 5.64. The Morgan fingerprint density at radius 2 is 2.00 bits per heavy atom. The summed E-state index contributed by atoms with van der Waals surface area (Å²) in [6.45, 7) is 0. The fourth-order valence-electron chi connectivity index (χ4n) is 0.763. The van der Waals surface area contributed by atoms with Gasteiger partial charge < -0.3 is 5.84 Å². The molecule has 0 atom stereocenters. The van der Waals surface area contributed by atoms with Crippen LogP contribution in [-0.2, 0) is 0 Å². The number of nitro benzene ring substituents is 1. The number of nitrogens with zero attached hydrogens (tertiary/aromatic N) is 4. The molecule has 7 heteroatoms. The lowest BCUT2D eigenvalue weighted by molar-refractivity contribution is -0.384. The third-order valence-corrected chi connectivity index (χ3v) is 1.35. The van der Waals surface area contributed by atoms with Crippen LogP contribution in [0.4, 0.5) is 11.4 Å². The van der Waals surface area contributed by atoms with Crippen LogP contribution in [0.25, 0.3) is 0 Å². The van der Waals surface area contributed by atoms with Gasteiger partial charge >= 0.3 is 0 Å². The van der Waals surface area contributed by atoms with Gasteiger partial charge in [0.25, 0.3) is 5.69 Å². The monoisotopic (exact) mass is 193 g/mol. The van der Waals surface area contributed by atoms with Gasteiger partial charge in [-0.15, -0.1) is 10.2 Å². The first kappa shape index (κ1) is 9.78. The highest BCUT2D eigenvalue weighted by Crippen LogP contribution is 2.17. The molecule has 14 heavy (non-hydrogen) atoms. The van der Waals surface area contributed by atoms with E-state index in [0.29, 0.717) is 5.69 Å². The van der Waals surface area contributed by atoms with E-state index in [1.807, 2.05) is 0 Å². The van der Waals surface area contributed by atoms with Gasteiger partial charge in [-0.25, -0.2) is 0 Å². The van der Waals surface area contributed by atoms with E-state index in [4.69, 9.17) is 5.84 Å². The molecule has 0 saturated carbocycles. The Labute approximate surface area is 79.1 Å². The average molecular weight is 193 g/mol. The van der Waals surface area contributed by atoms with Crippen LogP contribution in [-0.4, -0.2) is 11.3 Å². The van der Waals surface area contributed by atoms with Crippen LogP contribution in [0.5, 0.6) is 0 Å². The maximum Gasteiger partial charge on any atom is 0.269 e. The average Bonchev–Trinajstić information content (AvgIpc) is 2.19. The molecule has 1 rings (SSSR count). The number of hydrogen-bond donors (Lipinski definition) is 1. The van der Waals surface area contributed by atoms with E-state index >= 15 is 0 Å². The lowest BCUT2D eigenvalue weighted by Crippen LogP contribution is -1.85. The standard InChI is InChI=1S/C7H7N5O2/c8-9-5-10-11-6-1-3-7(4-2-6)12(13)14/h1-5H,8H2. The molecule has 0 fully saturated rings. The first-order chi connectivity index (χ1) is 6.74. The van der Waals surface area contributed by atoms with Crippen molar-refractivity contribution in [1.29, 1.82) is 0 Å². The topological polar surface area (TPSA) is 106 Å². The molecule has 72 valence electrons. The van der Waals surface area contributed by atoms with Gasteiger partial charge in [-0.1, -0.05) is 0 Å². The molecule has 0 bridgehead atoms. The number of nitro groups is 1. The number of non-ortho nitro benzene ring substituents is 1. The predicted octanol–water partition coefficient (Wildman–Crippen LogP) is 1.58. The van der Waals surface area contributed by atoms with Crippen molar-refractivity contribution in [3.8, 4) is 0 Å². The van der Waals surface area contributed by atoms with Crippen LogP contribution in [0.2, 0.25) is 0 Å². The quantitative estimate of drug-likeness (QED) is 0.196. The third-order valence-electron chi connectivity index (χ3n) is 1.35. The Balaban J connectivity index is 2.78. The molecule has 0 aliphatic heterocycles. The van der Waals surface area contributed by atoms with Crippen LogP contribution in [0, 0.1) is 10.1 Å². The van der Waals surface area contributed by atoms with E-state index in [9.17, 15) is 10.1 Å². The molecule has 0 amide bonds. The van der Waals surface area contributed by atoms with E-state index in [-0.39, 0.29) is 5.69 Å². The van der Waals surface area contributed by atoms with Crippen molar-refractivity contribution >= 4 is 17.7 Å². The molecule has 0 heterocycles. The highest BCUT2D eigenvalue weighted by atomic mass is 16.6. The minimum atomic E-state index is -0.484. The molecule has 1 aromatic carbocycles. The van der Waals surface area contributed by atoms with Gasteiger partial charge in [0.2, 0.25) is 0 Å². The fraction of sp³-hybridized carbons (Fsp3) is 0. The van der Waals surface area contributed by atoms with E-state index in [1.54, 1.807) is 0 Å². The fourth-order valence-corrected chi connectivity index (χ4v) is 0.763. The second-order valence-electron chi connectivity index (χ2n) is 2.25. The van der Waals surface area contributed by atoms with Crippen molar-refractivity contribution in [2.24, 2.45) is 21.2 Å². The number of rotatable bonds is 3. The Kier molecular flexibility index (Phi) is 3.25. The molecule has 0 spiro atoms. The zero-order valence-electron chi connectivity index (χ0n) is 7.07. The van der Waals surface area contributed by atoms with Crippen LogP contribution in [0.15, 0.2) is 39.6 Å². The van der Waals surface area contributed by atoms with Gasteiger partial charge in [0.05, 0.1) is 10.6 Å². The zero-order valence-corrected chi connectivity index (χ0v) is 7.07. The minimum absolute atomic E-state index is 0.0106. The van der Waals surface area contributed by atoms with Gasteiger partial charge in [0.15, 0.2) is 6.34 Å². The Hall–Kier alpha value is -2.31. The molecule has 0 unspecified atom stereocenters. The minimum Gasteiger partial charge on any atom is -0.322 e. The normalized spacial score (nSPS) is 11.1. The van der Waals surface area contributed by atoms with Crippen LogP contribution in [0.1, 0.15) is 0 Å². The van der Waals surface area contributed by atoms with Crippen LogP contribution < -0.4 is 5.84 Å². The molecule has 2 N–H and O–H groups in total. The van der Waals surface area contributed by atoms with Crippen molar-refractivity contribution in [3.05, 3.63) is 34.4 Å². The number of benzene rings is 1. The second-order valence-corrected chi connectivity index (χ2v) is 2.25. The lowest BCUT2D eigenvalue weighted by atomic mass is 10.3. The van der Waals surface area contributed by atoms with Gasteiger partial charge in [0.1, 0.15) is 0 Å². The van der Waals surface area contributed by atoms with Gasteiger partial charge in [-0.05, 0) is 12.1 Å². The summed E-state index contributed by atoms with van der Waals surface area (Å²) in [5, 5.41) is 20.5. The van der Waals surface area contributed by atoms with Crippen molar-refractivity contribution in [2.75, 3.05) is 0 Å². The second kappa shape index (κ2) is 4.65. The van der Waals surface area contributed by atoms with E-state index in [1.165, 1.54) is 24.3 Å². The van der Waals surface area contributed by atoms with Gasteiger partial charge in [0, 0.05) is 12.1 Å². The Bertz CT molecular complexity index is 370. The molecular formula is C7H7N5O2. The lowest BCUT2D eigenvalue weighted by Gasteiger charge is -1.90. The van der Waals surface area contributed by atoms with Crippen molar-refractivity contribution in [3.63, 3.8) is 0 Å². The van der Waals surface area contributed by atoms with Gasteiger partial charge in [-0.2, -0.15) is 5.10 Å². The summed E-state index contributed by atoms with van der Waals surface area (Å²) < 4.78 is 0. The SMILES string of the molecule is NN=CN=Nc1ccc([N+](=O)[O-])cc1. The number of azo groups is 1. The third kappa shape index (κ3) is 2.63. The number of hydrogen-bond acceptors (Lipinski definition) is 5. The summed E-state index contributed by atoms with van der Waals surface area (Å²) in [5.41, 5.74) is 0.506. The maximum atomic E-state index is 10.3. The first-order valence-electron chi connectivity index (χ1n) is 3.61. The van der Waals surface area contributed by atoms with Crippen molar-refractivity contribution in [1.82, 2.24) is 0 Å².